The Morgan fingerprint density at radius 3 is 2.08 bits per heavy atom. The van der Waals surface area contributed by atoms with Gasteiger partial charge in [0.15, 0.2) is 17.3 Å². The minimum atomic E-state index is -2.59. The van der Waals surface area contributed by atoms with Gasteiger partial charge in [-0.2, -0.15) is 0 Å². The largest absolute Gasteiger partial charge is 0.504 e. The monoisotopic (exact) mass is 323 g/mol. The Hall–Kier alpha value is -1.34. The zero-order valence-corrected chi connectivity index (χ0v) is 13.6. The van der Waals surface area contributed by atoms with Gasteiger partial charge in [0.05, 0.1) is 29.1 Å². The van der Waals surface area contributed by atoms with Gasteiger partial charge in [0.2, 0.25) is 13.6 Å². The maximum absolute atomic E-state index is 12.9. The summed E-state index contributed by atoms with van der Waals surface area (Å²) >= 11 is 0. The summed E-state index contributed by atoms with van der Waals surface area (Å²) in [4.78, 5) is 13.9. The molecular formula is C12H8B7NO5. The molecule has 0 aromatic heterocycles. The molecule has 1 aliphatic rings. The molecule has 2 rings (SSSR count). The second-order valence-electron chi connectivity index (χ2n) is 5.97. The van der Waals surface area contributed by atoms with E-state index in [4.69, 9.17) is 64.4 Å². The van der Waals surface area contributed by atoms with Gasteiger partial charge in [0.25, 0.3) is 0 Å². The molecule has 0 amide bonds. The van der Waals surface area contributed by atoms with Gasteiger partial charge in [-0.1, -0.05) is 16.2 Å². The van der Waals surface area contributed by atoms with Crippen LogP contribution in [0, 0.1) is 0 Å². The Morgan fingerprint density at radius 2 is 1.60 bits per heavy atom. The Labute approximate surface area is 154 Å². The summed E-state index contributed by atoms with van der Waals surface area (Å²) in [6.07, 6.45) is 0. The Bertz CT molecular complexity index is 747. The van der Waals surface area contributed by atoms with E-state index in [1.807, 2.05) is 0 Å². The lowest BCUT2D eigenvalue weighted by Crippen LogP contribution is -2.63. The molecule has 1 heterocycles. The lowest BCUT2D eigenvalue weighted by atomic mass is 9.46. The number of likely N-dealkylation sites (N-methyl/N-ethyl adjacent to an activating group) is 1. The second-order valence-corrected chi connectivity index (χ2v) is 5.97. The fourth-order valence-corrected chi connectivity index (χ4v) is 2.27. The highest BCUT2D eigenvalue weighted by atomic mass is 16.8. The van der Waals surface area contributed by atoms with Crippen molar-refractivity contribution in [2.24, 2.45) is 0 Å². The Morgan fingerprint density at radius 1 is 1.12 bits per heavy atom. The zero-order valence-electron chi connectivity index (χ0n) is 13.6. The van der Waals surface area contributed by atoms with Crippen LogP contribution < -0.4 is 20.4 Å². The summed E-state index contributed by atoms with van der Waals surface area (Å²) in [6.45, 7) is 1.25. The molecular weight excluding hydrogens is 314 g/mol. The molecule has 2 unspecified atom stereocenters. The molecule has 0 saturated heterocycles. The van der Waals surface area contributed by atoms with Crippen LogP contribution in [0.3, 0.4) is 0 Å². The molecule has 2 N–H and O–H groups in total. The molecule has 14 radical (unpaired) electrons. The van der Waals surface area contributed by atoms with Crippen LogP contribution in [0.25, 0.3) is 0 Å². The number of phenolic OH excluding ortho intramolecular Hbond substituents is 1. The van der Waals surface area contributed by atoms with Crippen molar-refractivity contribution in [3.8, 4) is 17.2 Å². The van der Waals surface area contributed by atoms with Crippen LogP contribution in [0.2, 0.25) is 0 Å². The van der Waals surface area contributed by atoms with Crippen LogP contribution in [0.5, 0.6) is 17.2 Å². The van der Waals surface area contributed by atoms with E-state index in [0.29, 0.717) is 0 Å². The maximum atomic E-state index is 12.9. The number of ketones is 1. The van der Waals surface area contributed by atoms with E-state index in [0.717, 1.165) is 4.90 Å². The van der Waals surface area contributed by atoms with Gasteiger partial charge >= 0.3 is 5.87 Å². The first-order chi connectivity index (χ1) is 11.1. The SMILES string of the molecule is [B]c1c([B])c(C(=O)C([B])(C)N(C)C([B])([B])[B])c(O)c2c1OC([B])(O)O2. The van der Waals surface area contributed by atoms with Crippen molar-refractivity contribution < 1.29 is 24.5 Å². The van der Waals surface area contributed by atoms with Crippen molar-refractivity contribution in [2.45, 2.75) is 23.5 Å². The first-order valence-electron chi connectivity index (χ1n) is 6.88. The maximum Gasteiger partial charge on any atom is 0.303 e. The fraction of sp³-hybridized carbons (Fsp3) is 0.417. The number of carbonyl (C=O) groups is 1. The second kappa shape index (κ2) is 5.84. The van der Waals surface area contributed by atoms with Gasteiger partial charge in [0, 0.05) is 5.44 Å². The molecule has 25 heavy (non-hydrogen) atoms. The third-order valence-corrected chi connectivity index (χ3v) is 3.92. The average molecular weight is 322 g/mol. The standard InChI is InChI=1S/C12H8B7NO5/c1-10(15,20(2)11(16,17)18)9(22)3-4(13)5(14)7-8(6(3)21)25-12(19,23)24-7/h21,23H,1-2H3. The third-order valence-electron chi connectivity index (χ3n) is 3.92. The molecule has 2 atom stereocenters. The fourth-order valence-electron chi connectivity index (χ4n) is 2.27. The number of phenols is 1. The first-order valence-corrected chi connectivity index (χ1v) is 6.88. The van der Waals surface area contributed by atoms with Gasteiger partial charge in [-0.05, 0) is 14.0 Å². The summed E-state index contributed by atoms with van der Waals surface area (Å²) in [5, 5.41) is 18.0. The number of Topliss-reactive ketones (excluding diaryl/α,β-unsaturated/α-hetero) is 1. The van der Waals surface area contributed by atoms with Crippen molar-refractivity contribution >= 4 is 71.6 Å². The quantitative estimate of drug-likeness (QED) is 0.431. The molecule has 1 aliphatic heterocycles. The number of hydrogen-bond acceptors (Lipinski definition) is 6. The topological polar surface area (TPSA) is 79.2 Å². The van der Waals surface area contributed by atoms with Crippen LogP contribution in [0.4, 0.5) is 0 Å². The summed E-state index contributed by atoms with van der Waals surface area (Å²) < 4.78 is 9.68. The number of fused-ring (bicyclic) bond motifs is 1. The van der Waals surface area contributed by atoms with E-state index >= 15 is 0 Å². The smallest absolute Gasteiger partial charge is 0.303 e. The van der Waals surface area contributed by atoms with Crippen LogP contribution in [-0.2, 0) is 0 Å². The van der Waals surface area contributed by atoms with Crippen LogP contribution in [0.1, 0.15) is 17.3 Å². The molecule has 0 fully saturated rings. The Balaban J connectivity index is 2.62. The van der Waals surface area contributed by atoms with Crippen LogP contribution in [0.15, 0.2) is 0 Å². The summed E-state index contributed by atoms with van der Waals surface area (Å²) in [5.74, 6) is -5.10. The van der Waals surface area contributed by atoms with Crippen LogP contribution in [-0.4, -0.2) is 99.4 Å². The number of hydrogen-bond donors (Lipinski definition) is 2. The first kappa shape index (κ1) is 20.0. The molecule has 0 spiro atoms. The van der Waals surface area contributed by atoms with E-state index in [9.17, 15) is 15.0 Å². The summed E-state index contributed by atoms with van der Waals surface area (Å²) in [5.41, 5.74) is -3.07. The number of benzene rings is 1. The molecule has 0 saturated carbocycles. The number of ether oxygens (including phenoxy) is 2. The number of carbonyl (C=O) groups excluding carboxylic acids is 1. The number of rotatable bonds is 4. The van der Waals surface area contributed by atoms with Crippen molar-refractivity contribution in [1.29, 1.82) is 0 Å². The minimum Gasteiger partial charge on any atom is -0.504 e. The minimum absolute atomic E-state index is 0.296. The highest BCUT2D eigenvalue weighted by molar-refractivity contribution is 6.60. The number of aromatic hydroxyl groups is 1. The molecule has 112 valence electrons. The molecule has 6 nitrogen and oxygen atoms in total. The predicted molar refractivity (Wildman–Crippen MR) is 97.1 cm³/mol. The zero-order chi connectivity index (χ0) is 19.5. The summed E-state index contributed by atoms with van der Waals surface area (Å²) in [6, 6.07) is 0. The van der Waals surface area contributed by atoms with Gasteiger partial charge < -0.3 is 24.6 Å². The van der Waals surface area contributed by atoms with Crippen LogP contribution >= 0.6 is 0 Å². The van der Waals surface area contributed by atoms with Gasteiger partial charge in [-0.15, -0.1) is 0 Å². The normalized spacial score (nSPS) is 21.9. The number of nitrogens with zero attached hydrogens (tertiary/aromatic N) is 1. The highest BCUT2D eigenvalue weighted by Gasteiger charge is 2.43. The number of aliphatic hydroxyl groups is 1. The molecule has 0 aliphatic carbocycles. The molecule has 13 heteroatoms. The molecule has 0 bridgehead atoms. The summed E-state index contributed by atoms with van der Waals surface area (Å²) in [7, 11) is 40.8. The molecule has 1 aromatic carbocycles. The predicted octanol–water partition coefficient (Wildman–Crippen LogP) is -4.36. The van der Waals surface area contributed by atoms with Gasteiger partial charge in [-0.25, -0.2) is 0 Å². The third kappa shape index (κ3) is 3.24. The van der Waals surface area contributed by atoms with Crippen molar-refractivity contribution in [3.05, 3.63) is 5.56 Å². The molecule has 1 aromatic rings. The highest BCUT2D eigenvalue weighted by Crippen LogP contribution is 2.44. The van der Waals surface area contributed by atoms with E-state index in [1.54, 1.807) is 0 Å². The van der Waals surface area contributed by atoms with Crippen molar-refractivity contribution in [3.63, 3.8) is 0 Å². The Kier molecular flexibility index (Phi) is 4.67. The van der Waals surface area contributed by atoms with E-state index < -0.39 is 39.4 Å². The van der Waals surface area contributed by atoms with Gasteiger partial charge in [-0.3, -0.25) is 4.79 Å². The van der Waals surface area contributed by atoms with Gasteiger partial charge in [0.1, 0.15) is 23.5 Å². The van der Waals surface area contributed by atoms with Crippen molar-refractivity contribution in [2.75, 3.05) is 7.05 Å². The lowest BCUT2D eigenvalue weighted by molar-refractivity contribution is -0.178. The van der Waals surface area contributed by atoms with E-state index in [-0.39, 0.29) is 16.7 Å². The lowest BCUT2D eigenvalue weighted by Gasteiger charge is -2.45. The average Bonchev–Trinajstić information content (AvgIpc) is 2.79. The van der Waals surface area contributed by atoms with E-state index in [2.05, 4.69) is 0 Å². The van der Waals surface area contributed by atoms with E-state index in [1.165, 1.54) is 14.0 Å². The van der Waals surface area contributed by atoms with Crippen molar-refractivity contribution in [1.82, 2.24) is 4.90 Å².